The molecule has 1 aromatic heterocycles. The molecule has 0 fully saturated rings. The molecule has 0 bridgehead atoms. The third-order valence-corrected chi connectivity index (χ3v) is 3.09. The van der Waals surface area contributed by atoms with Crippen molar-refractivity contribution >= 4 is 28.9 Å². The third kappa shape index (κ3) is 3.03. The fourth-order valence-corrected chi connectivity index (χ4v) is 1.80. The van der Waals surface area contributed by atoms with Crippen LogP contribution in [0.4, 0.5) is 11.4 Å². The number of nitrogens with zero attached hydrogens (tertiary/aromatic N) is 1. The summed E-state index contributed by atoms with van der Waals surface area (Å²) in [5.41, 5.74) is 9.05. The van der Waals surface area contributed by atoms with Gasteiger partial charge in [-0.3, -0.25) is 9.78 Å². The van der Waals surface area contributed by atoms with Crippen LogP contribution in [-0.4, -0.2) is 10.9 Å². The summed E-state index contributed by atoms with van der Waals surface area (Å²) in [4.78, 5) is 16.1. The molecule has 1 amide bonds. The lowest BCUT2D eigenvalue weighted by atomic mass is 10.1. The molecule has 0 spiro atoms. The fraction of sp³-hybridized carbons (Fsp3) is 0.143. The number of nitrogens with one attached hydrogen (secondary N) is 1. The van der Waals surface area contributed by atoms with Crippen molar-refractivity contribution < 1.29 is 4.79 Å². The van der Waals surface area contributed by atoms with Crippen molar-refractivity contribution in [2.45, 2.75) is 13.8 Å². The molecule has 0 aliphatic rings. The summed E-state index contributed by atoms with van der Waals surface area (Å²) in [6.45, 7) is 3.72. The highest BCUT2D eigenvalue weighted by molar-refractivity contribution is 6.33. The van der Waals surface area contributed by atoms with E-state index in [0.717, 1.165) is 11.3 Å². The van der Waals surface area contributed by atoms with Gasteiger partial charge in [-0.1, -0.05) is 11.6 Å². The van der Waals surface area contributed by atoms with Crippen LogP contribution in [0, 0.1) is 13.8 Å². The minimum atomic E-state index is -0.226. The number of carbonyl (C=O) groups is 1. The van der Waals surface area contributed by atoms with Crippen LogP contribution in [-0.2, 0) is 0 Å². The maximum atomic E-state index is 12.0. The van der Waals surface area contributed by atoms with Crippen molar-refractivity contribution in [2.24, 2.45) is 0 Å². The Morgan fingerprint density at radius 2 is 2.05 bits per heavy atom. The zero-order valence-electron chi connectivity index (χ0n) is 10.7. The Morgan fingerprint density at radius 1 is 1.32 bits per heavy atom. The van der Waals surface area contributed by atoms with Gasteiger partial charge in [0.25, 0.3) is 5.91 Å². The van der Waals surface area contributed by atoms with Crippen LogP contribution in [0.1, 0.15) is 21.6 Å². The maximum absolute atomic E-state index is 12.0. The standard InChI is InChI=1S/C14H14ClN3O/c1-8-5-12(16)11(15)6-13(8)18-14(19)10-4-3-9(2)17-7-10/h3-7H,16H2,1-2H3,(H,18,19). The van der Waals surface area contributed by atoms with Crippen LogP contribution in [0.15, 0.2) is 30.5 Å². The number of rotatable bonds is 2. The Balaban J connectivity index is 2.24. The van der Waals surface area contributed by atoms with Gasteiger partial charge in [0.2, 0.25) is 0 Å². The van der Waals surface area contributed by atoms with E-state index >= 15 is 0 Å². The molecule has 5 heteroatoms. The van der Waals surface area contributed by atoms with Gasteiger partial charge in [0.15, 0.2) is 0 Å². The maximum Gasteiger partial charge on any atom is 0.257 e. The lowest BCUT2D eigenvalue weighted by Crippen LogP contribution is -2.13. The van der Waals surface area contributed by atoms with Crippen molar-refractivity contribution in [2.75, 3.05) is 11.1 Å². The van der Waals surface area contributed by atoms with Crippen LogP contribution in [0.25, 0.3) is 0 Å². The van der Waals surface area contributed by atoms with Gasteiger partial charge in [0.05, 0.1) is 16.3 Å². The highest BCUT2D eigenvalue weighted by atomic mass is 35.5. The van der Waals surface area contributed by atoms with Crippen LogP contribution < -0.4 is 11.1 Å². The summed E-state index contributed by atoms with van der Waals surface area (Å²) in [6, 6.07) is 6.89. The molecule has 2 rings (SSSR count). The smallest absolute Gasteiger partial charge is 0.257 e. The van der Waals surface area contributed by atoms with E-state index in [0.29, 0.717) is 22.0 Å². The zero-order valence-corrected chi connectivity index (χ0v) is 11.5. The number of halogens is 1. The summed E-state index contributed by atoms with van der Waals surface area (Å²) < 4.78 is 0. The molecular formula is C14H14ClN3O. The molecule has 0 aliphatic heterocycles. The molecule has 4 nitrogen and oxygen atoms in total. The molecule has 0 saturated heterocycles. The molecule has 19 heavy (non-hydrogen) atoms. The van der Waals surface area contributed by atoms with Crippen LogP contribution in [0.2, 0.25) is 5.02 Å². The molecule has 3 N–H and O–H groups in total. The average Bonchev–Trinajstić information content (AvgIpc) is 2.36. The molecule has 0 saturated carbocycles. The first kappa shape index (κ1) is 13.4. The number of amides is 1. The van der Waals surface area contributed by atoms with Gasteiger partial charge in [-0.15, -0.1) is 0 Å². The summed E-state index contributed by atoms with van der Waals surface area (Å²) in [6.07, 6.45) is 1.54. The first-order valence-corrected chi connectivity index (χ1v) is 6.15. The summed E-state index contributed by atoms with van der Waals surface area (Å²) in [5.74, 6) is -0.226. The molecule has 0 aliphatic carbocycles. The van der Waals surface area contributed by atoms with E-state index in [-0.39, 0.29) is 5.91 Å². The average molecular weight is 276 g/mol. The minimum Gasteiger partial charge on any atom is -0.398 e. The van der Waals surface area contributed by atoms with Gasteiger partial charge in [-0.05, 0) is 43.7 Å². The molecular weight excluding hydrogens is 262 g/mol. The number of pyridine rings is 1. The van der Waals surface area contributed by atoms with Crippen molar-refractivity contribution in [3.63, 3.8) is 0 Å². The molecule has 0 unspecified atom stereocenters. The first-order chi connectivity index (χ1) is 8.97. The van der Waals surface area contributed by atoms with E-state index in [1.165, 1.54) is 0 Å². The predicted octanol–water partition coefficient (Wildman–Crippen LogP) is 3.19. The van der Waals surface area contributed by atoms with Crippen molar-refractivity contribution in [1.82, 2.24) is 4.98 Å². The second-order valence-corrected chi connectivity index (χ2v) is 4.74. The monoisotopic (exact) mass is 275 g/mol. The quantitative estimate of drug-likeness (QED) is 0.827. The Kier molecular flexibility index (Phi) is 3.71. The van der Waals surface area contributed by atoms with Gasteiger partial charge in [-0.2, -0.15) is 0 Å². The van der Waals surface area contributed by atoms with Gasteiger partial charge < -0.3 is 11.1 Å². The van der Waals surface area contributed by atoms with E-state index in [4.69, 9.17) is 17.3 Å². The van der Waals surface area contributed by atoms with E-state index in [1.54, 1.807) is 30.5 Å². The second kappa shape index (κ2) is 5.28. The zero-order chi connectivity index (χ0) is 14.0. The first-order valence-electron chi connectivity index (χ1n) is 5.77. The number of aromatic nitrogens is 1. The molecule has 1 heterocycles. The summed E-state index contributed by atoms with van der Waals surface area (Å²) in [5, 5.41) is 3.21. The Bertz CT molecular complexity index is 623. The van der Waals surface area contributed by atoms with Crippen molar-refractivity contribution in [1.29, 1.82) is 0 Å². The number of anilines is 2. The number of aryl methyl sites for hydroxylation is 2. The number of nitrogens with two attached hydrogens (primary N) is 1. The van der Waals surface area contributed by atoms with E-state index in [2.05, 4.69) is 10.3 Å². The van der Waals surface area contributed by atoms with Crippen molar-refractivity contribution in [3.05, 3.63) is 52.3 Å². The molecule has 0 radical (unpaired) electrons. The predicted molar refractivity (Wildman–Crippen MR) is 77.5 cm³/mol. The van der Waals surface area contributed by atoms with Gasteiger partial charge in [0, 0.05) is 17.6 Å². The Labute approximate surface area is 116 Å². The summed E-state index contributed by atoms with van der Waals surface area (Å²) >= 11 is 5.95. The van der Waals surface area contributed by atoms with Crippen LogP contribution in [0.5, 0.6) is 0 Å². The topological polar surface area (TPSA) is 68.0 Å². The molecule has 0 atom stereocenters. The number of nitrogen functional groups attached to an aromatic ring is 1. The summed E-state index contributed by atoms with van der Waals surface area (Å²) in [7, 11) is 0. The molecule has 1 aromatic carbocycles. The number of benzene rings is 1. The van der Waals surface area contributed by atoms with Crippen LogP contribution in [0.3, 0.4) is 0 Å². The van der Waals surface area contributed by atoms with Crippen LogP contribution >= 0.6 is 11.6 Å². The van der Waals surface area contributed by atoms with Crippen molar-refractivity contribution in [3.8, 4) is 0 Å². The highest BCUT2D eigenvalue weighted by Crippen LogP contribution is 2.26. The largest absolute Gasteiger partial charge is 0.398 e. The van der Waals surface area contributed by atoms with Gasteiger partial charge in [0.1, 0.15) is 0 Å². The normalized spacial score (nSPS) is 10.3. The van der Waals surface area contributed by atoms with E-state index < -0.39 is 0 Å². The highest BCUT2D eigenvalue weighted by Gasteiger charge is 2.09. The Hall–Kier alpha value is -2.07. The fourth-order valence-electron chi connectivity index (χ4n) is 1.64. The SMILES string of the molecule is Cc1ccc(C(=O)Nc2cc(Cl)c(N)cc2C)cn1. The number of hydrogen-bond donors (Lipinski definition) is 2. The number of carbonyl (C=O) groups excluding carboxylic acids is 1. The lowest BCUT2D eigenvalue weighted by molar-refractivity contribution is 0.102. The molecule has 98 valence electrons. The molecule has 2 aromatic rings. The Morgan fingerprint density at radius 3 is 2.68 bits per heavy atom. The van der Waals surface area contributed by atoms with E-state index in [9.17, 15) is 4.79 Å². The van der Waals surface area contributed by atoms with Gasteiger partial charge >= 0.3 is 0 Å². The minimum absolute atomic E-state index is 0.226. The van der Waals surface area contributed by atoms with E-state index in [1.807, 2.05) is 13.8 Å². The second-order valence-electron chi connectivity index (χ2n) is 4.33. The number of hydrogen-bond acceptors (Lipinski definition) is 3. The third-order valence-electron chi connectivity index (χ3n) is 2.77. The lowest BCUT2D eigenvalue weighted by Gasteiger charge is -2.10. The van der Waals surface area contributed by atoms with Gasteiger partial charge in [-0.25, -0.2) is 0 Å².